The van der Waals surface area contributed by atoms with Gasteiger partial charge in [0.05, 0.1) is 7.11 Å². The number of benzene rings is 2. The zero-order valence-corrected chi connectivity index (χ0v) is 13.3. The smallest absolute Gasteiger partial charge is 0.339 e. The van der Waals surface area contributed by atoms with Crippen LogP contribution in [-0.2, 0) is 10.1 Å². The monoisotopic (exact) mass is 370 g/mol. The van der Waals surface area contributed by atoms with Crippen molar-refractivity contribution < 1.29 is 22.1 Å². The lowest BCUT2D eigenvalue weighted by atomic mass is 10.2. The summed E-state index contributed by atoms with van der Waals surface area (Å²) in [7, 11) is -2.62. The second-order valence-electron chi connectivity index (χ2n) is 4.02. The molecule has 0 saturated carbocycles. The molecule has 0 aliphatic rings. The molecule has 5 nitrogen and oxygen atoms in total. The van der Waals surface area contributed by atoms with Crippen molar-refractivity contribution in [2.24, 2.45) is 0 Å². The first kappa shape index (κ1) is 15.5. The fourth-order valence-electron chi connectivity index (χ4n) is 1.60. The molecule has 0 amide bonds. The number of methoxy groups -OCH3 is 1. The van der Waals surface area contributed by atoms with Crippen LogP contribution in [0.5, 0.6) is 11.5 Å². The Balaban J connectivity index is 2.40. The van der Waals surface area contributed by atoms with Gasteiger partial charge in [0.25, 0.3) is 0 Å². The molecule has 0 spiro atoms. The molecule has 7 heteroatoms. The molecule has 0 fully saturated rings. The maximum Gasteiger partial charge on any atom is 0.339 e. The zero-order chi connectivity index (χ0) is 15.5. The molecule has 21 heavy (non-hydrogen) atoms. The molecule has 110 valence electrons. The quantitative estimate of drug-likeness (QED) is 0.597. The highest BCUT2D eigenvalue weighted by Crippen LogP contribution is 2.30. The minimum atomic E-state index is -4.00. The van der Waals surface area contributed by atoms with Crippen LogP contribution in [0.1, 0.15) is 10.4 Å². The van der Waals surface area contributed by atoms with E-state index in [-0.39, 0.29) is 22.0 Å². The van der Waals surface area contributed by atoms with Crippen LogP contribution in [0.2, 0.25) is 0 Å². The molecule has 0 aliphatic carbocycles. The molecule has 0 heterocycles. The van der Waals surface area contributed by atoms with E-state index in [1.807, 2.05) is 0 Å². The zero-order valence-electron chi connectivity index (χ0n) is 10.9. The Morgan fingerprint density at radius 1 is 1.05 bits per heavy atom. The molecule has 0 aromatic heterocycles. The van der Waals surface area contributed by atoms with Crippen molar-refractivity contribution in [3.8, 4) is 11.5 Å². The summed E-state index contributed by atoms with van der Waals surface area (Å²) >= 11 is 3.23. The number of hydrogen-bond acceptors (Lipinski definition) is 5. The van der Waals surface area contributed by atoms with Crippen LogP contribution in [0, 0.1) is 0 Å². The summed E-state index contributed by atoms with van der Waals surface area (Å²) in [6, 6.07) is 10.3. The molecule has 0 bridgehead atoms. The molecule has 2 rings (SSSR count). The molecular weight excluding hydrogens is 360 g/mol. The van der Waals surface area contributed by atoms with Gasteiger partial charge < -0.3 is 8.92 Å². The average Bonchev–Trinajstić information content (AvgIpc) is 2.47. The first-order valence-corrected chi connectivity index (χ1v) is 7.99. The number of ether oxygens (including phenoxy) is 1. The Bertz CT molecular complexity index is 753. The Morgan fingerprint density at radius 2 is 1.71 bits per heavy atom. The SMILES string of the molecule is COc1ccc(C=O)cc1OS(=O)(=O)c1ccc(Br)cc1. The van der Waals surface area contributed by atoms with Crippen molar-refractivity contribution in [3.63, 3.8) is 0 Å². The van der Waals surface area contributed by atoms with Gasteiger partial charge in [-0.3, -0.25) is 4.79 Å². The fraction of sp³-hybridized carbons (Fsp3) is 0.0714. The van der Waals surface area contributed by atoms with Crippen molar-refractivity contribution in [3.05, 3.63) is 52.5 Å². The van der Waals surface area contributed by atoms with E-state index < -0.39 is 10.1 Å². The first-order chi connectivity index (χ1) is 9.96. The second-order valence-corrected chi connectivity index (χ2v) is 6.48. The normalized spacial score (nSPS) is 11.0. The topological polar surface area (TPSA) is 69.7 Å². The van der Waals surface area contributed by atoms with Gasteiger partial charge in [0, 0.05) is 10.0 Å². The number of aldehydes is 1. The van der Waals surface area contributed by atoms with Crippen molar-refractivity contribution in [2.75, 3.05) is 7.11 Å². The summed E-state index contributed by atoms with van der Waals surface area (Å²) in [5, 5.41) is 0. The van der Waals surface area contributed by atoms with Crippen LogP contribution in [0.3, 0.4) is 0 Å². The van der Waals surface area contributed by atoms with E-state index >= 15 is 0 Å². The van der Waals surface area contributed by atoms with Crippen LogP contribution >= 0.6 is 15.9 Å². The average molecular weight is 371 g/mol. The Labute approximate surface area is 130 Å². The van der Waals surface area contributed by atoms with Gasteiger partial charge in [-0.25, -0.2) is 0 Å². The number of carbonyl (C=O) groups is 1. The Hall–Kier alpha value is -1.86. The van der Waals surface area contributed by atoms with Gasteiger partial charge in [-0.2, -0.15) is 8.42 Å². The van der Waals surface area contributed by atoms with E-state index in [0.717, 1.165) is 4.47 Å². The van der Waals surface area contributed by atoms with E-state index in [9.17, 15) is 13.2 Å². The van der Waals surface area contributed by atoms with Crippen molar-refractivity contribution >= 4 is 32.3 Å². The molecule has 0 unspecified atom stereocenters. The van der Waals surface area contributed by atoms with Gasteiger partial charge in [0.1, 0.15) is 11.2 Å². The maximum atomic E-state index is 12.2. The highest BCUT2D eigenvalue weighted by atomic mass is 79.9. The van der Waals surface area contributed by atoms with E-state index in [2.05, 4.69) is 15.9 Å². The standard InChI is InChI=1S/C14H11BrO5S/c1-19-13-7-2-10(9-16)8-14(13)20-21(17,18)12-5-3-11(15)4-6-12/h2-9H,1H3. The highest BCUT2D eigenvalue weighted by Gasteiger charge is 2.19. The van der Waals surface area contributed by atoms with E-state index in [1.54, 1.807) is 12.1 Å². The largest absolute Gasteiger partial charge is 0.493 e. The van der Waals surface area contributed by atoms with Crippen LogP contribution < -0.4 is 8.92 Å². The van der Waals surface area contributed by atoms with Crippen LogP contribution in [0.4, 0.5) is 0 Å². The van der Waals surface area contributed by atoms with Gasteiger partial charge in [0.2, 0.25) is 0 Å². The van der Waals surface area contributed by atoms with Gasteiger partial charge in [-0.15, -0.1) is 0 Å². The number of halogens is 1. The van der Waals surface area contributed by atoms with E-state index in [4.69, 9.17) is 8.92 Å². The molecule has 2 aromatic rings. The summed E-state index contributed by atoms with van der Waals surface area (Å²) in [4.78, 5) is 10.8. The van der Waals surface area contributed by atoms with Gasteiger partial charge in [0.15, 0.2) is 11.5 Å². The van der Waals surface area contributed by atoms with Crippen LogP contribution in [0.15, 0.2) is 51.8 Å². The van der Waals surface area contributed by atoms with Gasteiger partial charge in [-0.05, 0) is 42.5 Å². The summed E-state index contributed by atoms with van der Waals surface area (Å²) in [5.41, 5.74) is 0.289. The number of hydrogen-bond donors (Lipinski definition) is 0. The van der Waals surface area contributed by atoms with E-state index in [1.165, 1.54) is 37.4 Å². The first-order valence-electron chi connectivity index (χ1n) is 5.79. The van der Waals surface area contributed by atoms with Crippen LogP contribution in [0.25, 0.3) is 0 Å². The predicted molar refractivity (Wildman–Crippen MR) is 80.3 cm³/mol. The second kappa shape index (κ2) is 6.28. The third-order valence-corrected chi connectivity index (χ3v) is 4.40. The minimum absolute atomic E-state index is 0.00394. The molecule has 0 N–H and O–H groups in total. The van der Waals surface area contributed by atoms with E-state index in [0.29, 0.717) is 6.29 Å². The number of rotatable bonds is 5. The summed E-state index contributed by atoms with van der Waals surface area (Å²) in [6.45, 7) is 0. The van der Waals surface area contributed by atoms with Gasteiger partial charge >= 0.3 is 10.1 Å². The third-order valence-electron chi connectivity index (χ3n) is 2.63. The van der Waals surface area contributed by atoms with Gasteiger partial charge in [-0.1, -0.05) is 15.9 Å². The molecule has 0 atom stereocenters. The lowest BCUT2D eigenvalue weighted by molar-refractivity contribution is 0.112. The Kier molecular flexibility index (Phi) is 4.64. The molecule has 0 radical (unpaired) electrons. The lowest BCUT2D eigenvalue weighted by Gasteiger charge is -2.11. The van der Waals surface area contributed by atoms with Crippen molar-refractivity contribution in [1.29, 1.82) is 0 Å². The molecule has 2 aromatic carbocycles. The minimum Gasteiger partial charge on any atom is -0.493 e. The summed E-state index contributed by atoms with van der Waals surface area (Å²) in [6.07, 6.45) is 0.596. The van der Waals surface area contributed by atoms with Crippen molar-refractivity contribution in [2.45, 2.75) is 4.90 Å². The molecule has 0 aliphatic heterocycles. The third kappa shape index (κ3) is 3.62. The van der Waals surface area contributed by atoms with Crippen LogP contribution in [-0.4, -0.2) is 21.8 Å². The number of carbonyl (C=O) groups excluding carboxylic acids is 1. The highest BCUT2D eigenvalue weighted by molar-refractivity contribution is 9.10. The summed E-state index contributed by atoms with van der Waals surface area (Å²) < 4.78 is 35.2. The lowest BCUT2D eigenvalue weighted by Crippen LogP contribution is -2.10. The predicted octanol–water partition coefficient (Wildman–Crippen LogP) is 3.04. The summed E-state index contributed by atoms with van der Waals surface area (Å²) in [5.74, 6) is 0.186. The fourth-order valence-corrected chi connectivity index (χ4v) is 2.80. The van der Waals surface area contributed by atoms with Crippen molar-refractivity contribution in [1.82, 2.24) is 0 Å². The molecular formula is C14H11BrO5S. The molecule has 0 saturated heterocycles. The Morgan fingerprint density at radius 3 is 2.29 bits per heavy atom. The maximum absolute atomic E-state index is 12.2.